The Labute approximate surface area is 94.6 Å². The van der Waals surface area contributed by atoms with Crippen molar-refractivity contribution in [1.82, 2.24) is 5.32 Å². The maximum absolute atomic E-state index is 11.6. The number of hydrogen-bond acceptors (Lipinski definition) is 3. The molecule has 0 saturated heterocycles. The molecule has 0 bridgehead atoms. The van der Waals surface area contributed by atoms with Gasteiger partial charge in [-0.25, -0.2) is 0 Å². The molecule has 1 aromatic rings. The largest absolute Gasteiger partial charge is 0.384 e. The van der Waals surface area contributed by atoms with Gasteiger partial charge in [0.25, 0.3) is 0 Å². The van der Waals surface area contributed by atoms with E-state index in [4.69, 9.17) is 4.74 Å². The number of methoxy groups -OCH3 is 1. The molecule has 0 atom stereocenters. The number of hydrogen-bond donors (Lipinski definition) is 1. The van der Waals surface area contributed by atoms with Crippen LogP contribution in [0.5, 0.6) is 0 Å². The van der Waals surface area contributed by atoms with Crippen LogP contribution in [0.15, 0.2) is 30.3 Å². The molecule has 0 radical (unpaired) electrons. The predicted octanol–water partition coefficient (Wildman–Crippen LogP) is 1.02. The molecular weight excluding hydrogens is 206 g/mol. The number of benzene rings is 1. The number of amides is 1. The smallest absolute Gasteiger partial charge is 0.222 e. The first-order valence-electron chi connectivity index (χ1n) is 5.08. The Morgan fingerprint density at radius 1 is 1.25 bits per heavy atom. The van der Waals surface area contributed by atoms with Gasteiger partial charge in [0.05, 0.1) is 13.2 Å². The topological polar surface area (TPSA) is 55.4 Å². The van der Waals surface area contributed by atoms with E-state index in [-0.39, 0.29) is 24.7 Å². The van der Waals surface area contributed by atoms with Crippen molar-refractivity contribution in [1.29, 1.82) is 0 Å². The van der Waals surface area contributed by atoms with E-state index in [1.165, 1.54) is 7.11 Å². The number of rotatable bonds is 6. The van der Waals surface area contributed by atoms with Crippen LogP contribution < -0.4 is 5.32 Å². The highest BCUT2D eigenvalue weighted by Gasteiger charge is 2.06. The second-order valence-electron chi connectivity index (χ2n) is 3.31. The van der Waals surface area contributed by atoms with Gasteiger partial charge in [-0.3, -0.25) is 9.59 Å². The summed E-state index contributed by atoms with van der Waals surface area (Å²) in [7, 11) is 1.53. The predicted molar refractivity (Wildman–Crippen MR) is 60.3 cm³/mol. The molecule has 1 rings (SSSR count). The molecule has 0 spiro atoms. The molecule has 0 aromatic heterocycles. The first-order valence-corrected chi connectivity index (χ1v) is 5.08. The van der Waals surface area contributed by atoms with Crippen molar-refractivity contribution in [3.63, 3.8) is 0 Å². The minimum Gasteiger partial charge on any atom is -0.384 e. The van der Waals surface area contributed by atoms with E-state index in [1.54, 1.807) is 24.3 Å². The van der Waals surface area contributed by atoms with Gasteiger partial charge >= 0.3 is 0 Å². The molecule has 4 heteroatoms. The lowest BCUT2D eigenvalue weighted by molar-refractivity contribution is -0.121. The summed E-state index contributed by atoms with van der Waals surface area (Å²) in [6, 6.07) is 8.88. The molecule has 1 N–H and O–H groups in total. The minimum atomic E-state index is -0.175. The van der Waals surface area contributed by atoms with Gasteiger partial charge in [-0.2, -0.15) is 0 Å². The second-order valence-corrected chi connectivity index (χ2v) is 3.31. The molecular formula is C12H15NO3. The maximum atomic E-state index is 11.6. The summed E-state index contributed by atoms with van der Waals surface area (Å²) >= 11 is 0. The number of nitrogens with one attached hydrogen (secondary N) is 1. The van der Waals surface area contributed by atoms with Crippen LogP contribution in [0.25, 0.3) is 0 Å². The fraction of sp³-hybridized carbons (Fsp3) is 0.333. The van der Waals surface area contributed by atoms with Gasteiger partial charge in [0.1, 0.15) is 0 Å². The zero-order valence-electron chi connectivity index (χ0n) is 9.23. The van der Waals surface area contributed by atoms with Gasteiger partial charge in [0.2, 0.25) is 5.91 Å². The SMILES string of the molecule is COCCC(=O)NCC(=O)c1ccccc1. The van der Waals surface area contributed by atoms with E-state index in [0.29, 0.717) is 12.2 Å². The minimum absolute atomic E-state index is 0.0343. The first-order chi connectivity index (χ1) is 7.74. The lowest BCUT2D eigenvalue weighted by Crippen LogP contribution is -2.30. The van der Waals surface area contributed by atoms with E-state index >= 15 is 0 Å². The molecule has 1 aromatic carbocycles. The molecule has 0 heterocycles. The summed E-state index contributed by atoms with van der Waals surface area (Å²) in [5.41, 5.74) is 0.606. The maximum Gasteiger partial charge on any atom is 0.222 e. The van der Waals surface area contributed by atoms with Crippen molar-refractivity contribution in [3.05, 3.63) is 35.9 Å². The molecule has 86 valence electrons. The van der Waals surface area contributed by atoms with Crippen LogP contribution in [0.4, 0.5) is 0 Å². The Balaban J connectivity index is 2.33. The quantitative estimate of drug-likeness (QED) is 0.730. The number of ketones is 1. The molecule has 0 aliphatic heterocycles. The van der Waals surface area contributed by atoms with Crippen molar-refractivity contribution >= 4 is 11.7 Å². The number of Topliss-reactive ketones (excluding diaryl/α,β-unsaturated/α-hetero) is 1. The fourth-order valence-corrected chi connectivity index (χ4v) is 1.19. The zero-order chi connectivity index (χ0) is 11.8. The van der Waals surface area contributed by atoms with E-state index in [2.05, 4.69) is 5.32 Å². The molecule has 4 nitrogen and oxygen atoms in total. The Hall–Kier alpha value is -1.68. The van der Waals surface area contributed by atoms with Gasteiger partial charge in [-0.15, -0.1) is 0 Å². The van der Waals surface area contributed by atoms with E-state index in [0.717, 1.165) is 0 Å². The Bertz CT molecular complexity index is 349. The summed E-state index contributed by atoms with van der Waals surface area (Å²) in [5.74, 6) is -0.266. The van der Waals surface area contributed by atoms with E-state index in [9.17, 15) is 9.59 Å². The summed E-state index contributed by atoms with van der Waals surface area (Å²) < 4.78 is 4.76. The highest BCUT2D eigenvalue weighted by Crippen LogP contribution is 1.98. The fourth-order valence-electron chi connectivity index (χ4n) is 1.19. The van der Waals surface area contributed by atoms with Crippen molar-refractivity contribution in [2.75, 3.05) is 20.3 Å². The summed E-state index contributed by atoms with van der Waals surface area (Å²) in [6.45, 7) is 0.401. The molecule has 0 saturated carbocycles. The summed E-state index contributed by atoms with van der Waals surface area (Å²) in [6.07, 6.45) is 0.276. The normalized spacial score (nSPS) is 9.81. The van der Waals surface area contributed by atoms with E-state index < -0.39 is 0 Å². The average molecular weight is 221 g/mol. The van der Waals surface area contributed by atoms with Gasteiger partial charge in [0, 0.05) is 19.1 Å². The van der Waals surface area contributed by atoms with Crippen molar-refractivity contribution in [2.24, 2.45) is 0 Å². The van der Waals surface area contributed by atoms with Gasteiger partial charge in [0.15, 0.2) is 5.78 Å². The van der Waals surface area contributed by atoms with Crippen LogP contribution >= 0.6 is 0 Å². The van der Waals surface area contributed by atoms with Crippen molar-refractivity contribution in [3.8, 4) is 0 Å². The summed E-state index contributed by atoms with van der Waals surface area (Å²) in [4.78, 5) is 22.8. The third-order valence-corrected chi connectivity index (χ3v) is 2.08. The molecule has 16 heavy (non-hydrogen) atoms. The standard InChI is InChI=1S/C12H15NO3/c1-16-8-7-12(15)13-9-11(14)10-5-3-2-4-6-10/h2-6H,7-9H2,1H3,(H,13,15). The van der Waals surface area contributed by atoms with Crippen LogP contribution in [0.1, 0.15) is 16.8 Å². The van der Waals surface area contributed by atoms with Crippen LogP contribution in [0.3, 0.4) is 0 Å². The summed E-state index contributed by atoms with van der Waals surface area (Å²) in [5, 5.41) is 2.55. The third-order valence-electron chi connectivity index (χ3n) is 2.08. The van der Waals surface area contributed by atoms with Crippen LogP contribution in [0.2, 0.25) is 0 Å². The zero-order valence-corrected chi connectivity index (χ0v) is 9.23. The Kier molecular flexibility index (Phi) is 5.22. The van der Waals surface area contributed by atoms with Crippen LogP contribution in [-0.2, 0) is 9.53 Å². The number of ether oxygens (including phenoxy) is 1. The molecule has 1 amide bonds. The average Bonchev–Trinajstić information content (AvgIpc) is 2.34. The highest BCUT2D eigenvalue weighted by molar-refractivity contribution is 5.99. The highest BCUT2D eigenvalue weighted by atomic mass is 16.5. The van der Waals surface area contributed by atoms with E-state index in [1.807, 2.05) is 6.07 Å². The Morgan fingerprint density at radius 3 is 2.56 bits per heavy atom. The monoisotopic (exact) mass is 221 g/mol. The van der Waals surface area contributed by atoms with Crippen LogP contribution in [0, 0.1) is 0 Å². The molecule has 0 unspecified atom stereocenters. The lowest BCUT2D eigenvalue weighted by atomic mass is 10.1. The van der Waals surface area contributed by atoms with Gasteiger partial charge < -0.3 is 10.1 Å². The van der Waals surface area contributed by atoms with Crippen molar-refractivity contribution in [2.45, 2.75) is 6.42 Å². The first kappa shape index (κ1) is 12.4. The second kappa shape index (κ2) is 6.74. The molecule has 0 aliphatic rings. The van der Waals surface area contributed by atoms with Gasteiger partial charge in [-0.05, 0) is 0 Å². The lowest BCUT2D eigenvalue weighted by Gasteiger charge is -2.04. The molecule has 0 aliphatic carbocycles. The van der Waals surface area contributed by atoms with Gasteiger partial charge in [-0.1, -0.05) is 30.3 Å². The third kappa shape index (κ3) is 4.23. The Morgan fingerprint density at radius 2 is 1.94 bits per heavy atom. The number of carbonyl (C=O) groups excluding carboxylic acids is 2. The molecule has 0 fully saturated rings. The van der Waals surface area contributed by atoms with Crippen LogP contribution in [-0.4, -0.2) is 32.0 Å². The number of carbonyl (C=O) groups is 2. The van der Waals surface area contributed by atoms with Crippen molar-refractivity contribution < 1.29 is 14.3 Å².